The van der Waals surface area contributed by atoms with Gasteiger partial charge in [-0.05, 0) is 39.7 Å². The molecule has 0 aliphatic heterocycles. The summed E-state index contributed by atoms with van der Waals surface area (Å²) in [5, 5.41) is 9.39. The van der Waals surface area contributed by atoms with Crippen LogP contribution in [-0.2, 0) is 16.0 Å². The van der Waals surface area contributed by atoms with Crippen molar-refractivity contribution in [3.05, 3.63) is 35.4 Å². The highest BCUT2D eigenvalue weighted by molar-refractivity contribution is 5.73. The number of carboxylic acid groups (broad SMARTS) is 1. The van der Waals surface area contributed by atoms with Crippen molar-refractivity contribution in [2.45, 2.75) is 39.7 Å². The van der Waals surface area contributed by atoms with Crippen molar-refractivity contribution in [1.82, 2.24) is 4.90 Å². The largest absolute Gasteiger partial charge is 0.481 e. The third kappa shape index (κ3) is 6.16. The Morgan fingerprint density at radius 3 is 2.45 bits per heavy atom. The SMILES string of the molecule is Cc1cccc(CC(CN(C)C(=O)OC(C)(C)C)C(=O)O)c1. The van der Waals surface area contributed by atoms with Gasteiger partial charge in [-0.2, -0.15) is 0 Å². The molecule has 0 spiro atoms. The second kappa shape index (κ2) is 7.29. The first-order valence-electron chi connectivity index (χ1n) is 7.31. The Hall–Kier alpha value is -2.04. The van der Waals surface area contributed by atoms with Crippen LogP contribution in [0.1, 0.15) is 31.9 Å². The summed E-state index contributed by atoms with van der Waals surface area (Å²) in [7, 11) is 1.56. The van der Waals surface area contributed by atoms with Gasteiger partial charge in [0.2, 0.25) is 0 Å². The van der Waals surface area contributed by atoms with Crippen LogP contribution in [0.2, 0.25) is 0 Å². The summed E-state index contributed by atoms with van der Waals surface area (Å²) in [6.45, 7) is 7.41. The average molecular weight is 307 g/mol. The zero-order valence-corrected chi connectivity index (χ0v) is 13.9. The van der Waals surface area contributed by atoms with Crippen LogP contribution in [0.4, 0.5) is 4.79 Å². The molecule has 1 rings (SSSR count). The molecule has 0 aliphatic rings. The van der Waals surface area contributed by atoms with Crippen LogP contribution in [0, 0.1) is 12.8 Å². The number of hydrogen-bond donors (Lipinski definition) is 1. The topological polar surface area (TPSA) is 66.8 Å². The van der Waals surface area contributed by atoms with Crippen molar-refractivity contribution in [2.24, 2.45) is 5.92 Å². The summed E-state index contributed by atoms with van der Waals surface area (Å²) in [5.41, 5.74) is 1.44. The summed E-state index contributed by atoms with van der Waals surface area (Å²) in [4.78, 5) is 24.7. The van der Waals surface area contributed by atoms with Crippen LogP contribution >= 0.6 is 0 Å². The molecule has 122 valence electrons. The number of aliphatic carboxylic acids is 1. The van der Waals surface area contributed by atoms with E-state index in [0.717, 1.165) is 11.1 Å². The normalized spacial score (nSPS) is 12.6. The number of amides is 1. The Morgan fingerprint density at radius 1 is 1.32 bits per heavy atom. The van der Waals surface area contributed by atoms with Crippen LogP contribution in [0.5, 0.6) is 0 Å². The fourth-order valence-electron chi connectivity index (χ4n) is 2.10. The van der Waals surface area contributed by atoms with Gasteiger partial charge >= 0.3 is 12.1 Å². The van der Waals surface area contributed by atoms with Crippen molar-refractivity contribution in [1.29, 1.82) is 0 Å². The Bertz CT molecular complexity index is 534. The molecular formula is C17H25NO4. The van der Waals surface area contributed by atoms with E-state index in [-0.39, 0.29) is 6.54 Å². The lowest BCUT2D eigenvalue weighted by Crippen LogP contribution is -2.39. The summed E-state index contributed by atoms with van der Waals surface area (Å²) in [6, 6.07) is 7.73. The zero-order chi connectivity index (χ0) is 16.9. The summed E-state index contributed by atoms with van der Waals surface area (Å²) in [5.74, 6) is -1.59. The van der Waals surface area contributed by atoms with E-state index < -0.39 is 23.6 Å². The minimum atomic E-state index is -0.920. The van der Waals surface area contributed by atoms with Crippen molar-refractivity contribution < 1.29 is 19.4 Å². The van der Waals surface area contributed by atoms with E-state index in [1.807, 2.05) is 31.2 Å². The van der Waals surface area contributed by atoms with Crippen LogP contribution in [-0.4, -0.2) is 41.3 Å². The van der Waals surface area contributed by atoms with Gasteiger partial charge in [-0.15, -0.1) is 0 Å². The number of carboxylic acids is 1. The standard InChI is InChI=1S/C17H25NO4/c1-12-7-6-8-13(9-12)10-14(15(19)20)11-18(5)16(21)22-17(2,3)4/h6-9,14H,10-11H2,1-5H3,(H,19,20). The van der Waals surface area contributed by atoms with E-state index in [2.05, 4.69) is 0 Å². The average Bonchev–Trinajstić information content (AvgIpc) is 2.35. The molecule has 0 saturated carbocycles. The van der Waals surface area contributed by atoms with E-state index in [4.69, 9.17) is 4.74 Å². The molecule has 1 N–H and O–H groups in total. The van der Waals surface area contributed by atoms with E-state index in [9.17, 15) is 14.7 Å². The third-order valence-corrected chi connectivity index (χ3v) is 3.11. The number of rotatable bonds is 5. The maximum absolute atomic E-state index is 11.9. The smallest absolute Gasteiger partial charge is 0.410 e. The van der Waals surface area contributed by atoms with Crippen LogP contribution in [0.15, 0.2) is 24.3 Å². The molecule has 1 aromatic rings. The molecule has 1 amide bonds. The van der Waals surface area contributed by atoms with Crippen molar-refractivity contribution in [2.75, 3.05) is 13.6 Å². The minimum Gasteiger partial charge on any atom is -0.481 e. The van der Waals surface area contributed by atoms with Crippen molar-refractivity contribution in [3.8, 4) is 0 Å². The fourth-order valence-corrected chi connectivity index (χ4v) is 2.10. The molecule has 0 aromatic heterocycles. The van der Waals surface area contributed by atoms with Gasteiger partial charge in [0, 0.05) is 13.6 Å². The van der Waals surface area contributed by atoms with Gasteiger partial charge in [-0.1, -0.05) is 29.8 Å². The number of hydrogen-bond acceptors (Lipinski definition) is 3. The number of nitrogens with zero attached hydrogens (tertiary/aromatic N) is 1. The van der Waals surface area contributed by atoms with Gasteiger partial charge in [-0.25, -0.2) is 4.79 Å². The number of ether oxygens (including phenoxy) is 1. The summed E-state index contributed by atoms with van der Waals surface area (Å²) in [6.07, 6.45) is -0.132. The van der Waals surface area contributed by atoms with Gasteiger partial charge in [0.15, 0.2) is 0 Å². The number of carbonyl (C=O) groups excluding carboxylic acids is 1. The van der Waals surface area contributed by atoms with Gasteiger partial charge in [-0.3, -0.25) is 4.79 Å². The van der Waals surface area contributed by atoms with Gasteiger partial charge in [0.25, 0.3) is 0 Å². The summed E-state index contributed by atoms with van der Waals surface area (Å²) < 4.78 is 5.24. The maximum atomic E-state index is 11.9. The number of carbonyl (C=O) groups is 2. The third-order valence-electron chi connectivity index (χ3n) is 3.11. The second-order valence-electron chi connectivity index (χ2n) is 6.59. The maximum Gasteiger partial charge on any atom is 0.410 e. The van der Waals surface area contributed by atoms with Crippen LogP contribution in [0.3, 0.4) is 0 Å². The van der Waals surface area contributed by atoms with Gasteiger partial charge in [0.1, 0.15) is 5.60 Å². The Balaban J connectivity index is 2.72. The lowest BCUT2D eigenvalue weighted by Gasteiger charge is -2.26. The van der Waals surface area contributed by atoms with Gasteiger partial charge in [0.05, 0.1) is 5.92 Å². The monoisotopic (exact) mass is 307 g/mol. The first kappa shape index (κ1) is 18.0. The molecule has 0 fully saturated rings. The van der Waals surface area contributed by atoms with Crippen LogP contribution < -0.4 is 0 Å². The molecule has 0 aliphatic carbocycles. The molecule has 0 heterocycles. The molecule has 1 atom stereocenters. The molecule has 0 saturated heterocycles. The number of aryl methyl sites for hydroxylation is 1. The van der Waals surface area contributed by atoms with E-state index in [1.165, 1.54) is 4.90 Å². The molecule has 1 unspecified atom stereocenters. The Labute approximate surface area is 131 Å². The molecule has 22 heavy (non-hydrogen) atoms. The van der Waals surface area contributed by atoms with Crippen molar-refractivity contribution >= 4 is 12.1 Å². The van der Waals surface area contributed by atoms with E-state index in [0.29, 0.717) is 6.42 Å². The zero-order valence-electron chi connectivity index (χ0n) is 13.9. The van der Waals surface area contributed by atoms with Gasteiger partial charge < -0.3 is 14.7 Å². The predicted octanol–water partition coefficient (Wildman–Crippen LogP) is 3.11. The fraction of sp³-hybridized carbons (Fsp3) is 0.529. The lowest BCUT2D eigenvalue weighted by atomic mass is 9.98. The Kier molecular flexibility index (Phi) is 5.97. The van der Waals surface area contributed by atoms with Crippen molar-refractivity contribution in [3.63, 3.8) is 0 Å². The Morgan fingerprint density at radius 2 is 1.95 bits per heavy atom. The molecule has 5 heteroatoms. The highest BCUT2D eigenvalue weighted by atomic mass is 16.6. The molecule has 0 radical (unpaired) electrons. The van der Waals surface area contributed by atoms with Crippen LogP contribution in [0.25, 0.3) is 0 Å². The van der Waals surface area contributed by atoms with E-state index in [1.54, 1.807) is 27.8 Å². The highest BCUT2D eigenvalue weighted by Gasteiger charge is 2.25. The lowest BCUT2D eigenvalue weighted by molar-refractivity contribution is -0.142. The minimum absolute atomic E-state index is 0.109. The quantitative estimate of drug-likeness (QED) is 0.907. The highest BCUT2D eigenvalue weighted by Crippen LogP contribution is 2.14. The first-order chi connectivity index (χ1) is 10.1. The first-order valence-corrected chi connectivity index (χ1v) is 7.31. The molecule has 5 nitrogen and oxygen atoms in total. The summed E-state index contributed by atoms with van der Waals surface area (Å²) >= 11 is 0. The predicted molar refractivity (Wildman–Crippen MR) is 84.9 cm³/mol. The molecule has 1 aromatic carbocycles. The molecule has 0 bridgehead atoms. The van der Waals surface area contributed by atoms with E-state index >= 15 is 0 Å². The number of benzene rings is 1. The second-order valence-corrected chi connectivity index (χ2v) is 6.59. The molecular weight excluding hydrogens is 282 g/mol.